The van der Waals surface area contributed by atoms with E-state index in [1.54, 1.807) is 18.0 Å². The summed E-state index contributed by atoms with van der Waals surface area (Å²) in [5, 5.41) is 5.35. The van der Waals surface area contributed by atoms with Crippen LogP contribution in [0.25, 0.3) is 0 Å². The molecule has 0 radical (unpaired) electrons. The van der Waals surface area contributed by atoms with Crippen LogP contribution in [0.2, 0.25) is 0 Å². The molecule has 0 unspecified atom stereocenters. The zero-order valence-electron chi connectivity index (χ0n) is 15.1. The van der Waals surface area contributed by atoms with Gasteiger partial charge in [-0.15, -0.1) is 0 Å². The Morgan fingerprint density at radius 1 is 1.07 bits per heavy atom. The molecule has 1 aromatic carbocycles. The first-order valence-electron chi connectivity index (χ1n) is 8.81. The van der Waals surface area contributed by atoms with Crippen LogP contribution in [0.5, 0.6) is 0 Å². The van der Waals surface area contributed by atoms with E-state index in [2.05, 4.69) is 20.5 Å². The Kier molecular flexibility index (Phi) is 5.85. The maximum absolute atomic E-state index is 12.9. The fourth-order valence-electron chi connectivity index (χ4n) is 2.81. The topological polar surface area (TPSA) is 77.6 Å². The molecular weight excluding hydrogens is 349 g/mol. The Labute approximate surface area is 157 Å². The number of hydrogen-bond acceptors (Lipinski definition) is 4. The maximum Gasteiger partial charge on any atom is 0.318 e. The van der Waals surface area contributed by atoms with Gasteiger partial charge in [0.05, 0.1) is 0 Å². The van der Waals surface area contributed by atoms with E-state index in [0.29, 0.717) is 31.9 Å². The monoisotopic (exact) mass is 371 g/mol. The van der Waals surface area contributed by atoms with Gasteiger partial charge in [0.25, 0.3) is 0 Å². The van der Waals surface area contributed by atoms with E-state index < -0.39 is 6.04 Å². The van der Waals surface area contributed by atoms with Gasteiger partial charge in [0.15, 0.2) is 0 Å². The van der Waals surface area contributed by atoms with E-state index >= 15 is 0 Å². The van der Waals surface area contributed by atoms with Gasteiger partial charge >= 0.3 is 6.03 Å². The lowest BCUT2D eigenvalue weighted by Crippen LogP contribution is -2.54. The molecule has 1 aromatic heterocycles. The summed E-state index contributed by atoms with van der Waals surface area (Å²) in [6.45, 7) is 4.07. The summed E-state index contributed by atoms with van der Waals surface area (Å²) in [6, 6.07) is 10.2. The molecule has 0 spiro atoms. The van der Waals surface area contributed by atoms with Gasteiger partial charge in [-0.2, -0.15) is 0 Å². The minimum atomic E-state index is -0.712. The van der Waals surface area contributed by atoms with Crippen molar-refractivity contribution in [2.75, 3.05) is 36.4 Å². The van der Waals surface area contributed by atoms with Gasteiger partial charge in [0, 0.05) is 38.1 Å². The first-order chi connectivity index (χ1) is 13.0. The highest BCUT2D eigenvalue weighted by Crippen LogP contribution is 2.13. The highest BCUT2D eigenvalue weighted by Gasteiger charge is 2.24. The van der Waals surface area contributed by atoms with E-state index in [9.17, 15) is 14.0 Å². The number of carbonyl (C=O) groups is 2. The van der Waals surface area contributed by atoms with Crippen LogP contribution in [0.3, 0.4) is 0 Å². The van der Waals surface area contributed by atoms with Gasteiger partial charge in [0.1, 0.15) is 17.7 Å². The third-order valence-electron chi connectivity index (χ3n) is 4.39. The number of amides is 3. The highest BCUT2D eigenvalue weighted by atomic mass is 19.1. The average Bonchev–Trinajstić information content (AvgIpc) is 2.70. The van der Waals surface area contributed by atoms with E-state index in [-0.39, 0.29) is 17.8 Å². The molecule has 142 valence electrons. The number of rotatable bonds is 4. The molecule has 1 atom stereocenters. The SMILES string of the molecule is C[C@@H](NC(=O)N1CCN(c2ccccn2)CC1)C(=O)Nc1ccc(F)cc1. The molecule has 0 aliphatic carbocycles. The van der Waals surface area contributed by atoms with Crippen molar-refractivity contribution in [1.29, 1.82) is 0 Å². The number of halogens is 1. The molecule has 7 nitrogen and oxygen atoms in total. The Bertz CT molecular complexity index is 776. The minimum Gasteiger partial charge on any atom is -0.353 e. The van der Waals surface area contributed by atoms with Gasteiger partial charge in [-0.25, -0.2) is 14.2 Å². The van der Waals surface area contributed by atoms with Gasteiger partial charge in [0.2, 0.25) is 5.91 Å². The van der Waals surface area contributed by atoms with Crippen LogP contribution >= 0.6 is 0 Å². The Morgan fingerprint density at radius 2 is 1.78 bits per heavy atom. The molecule has 1 aliphatic heterocycles. The molecular formula is C19H22FN5O2. The molecule has 8 heteroatoms. The lowest BCUT2D eigenvalue weighted by molar-refractivity contribution is -0.117. The second-order valence-electron chi connectivity index (χ2n) is 6.33. The molecule has 27 heavy (non-hydrogen) atoms. The van der Waals surface area contributed by atoms with Crippen molar-refractivity contribution in [2.24, 2.45) is 0 Å². The van der Waals surface area contributed by atoms with Crippen LogP contribution in [-0.4, -0.2) is 54.0 Å². The average molecular weight is 371 g/mol. The molecule has 1 fully saturated rings. The maximum atomic E-state index is 12.9. The first kappa shape index (κ1) is 18.6. The van der Waals surface area contributed by atoms with Gasteiger partial charge in [-0.05, 0) is 43.3 Å². The first-order valence-corrected chi connectivity index (χ1v) is 8.81. The number of hydrogen-bond donors (Lipinski definition) is 2. The molecule has 3 rings (SSSR count). The number of carbonyl (C=O) groups excluding carboxylic acids is 2. The fraction of sp³-hybridized carbons (Fsp3) is 0.316. The number of nitrogens with one attached hydrogen (secondary N) is 2. The smallest absolute Gasteiger partial charge is 0.318 e. The lowest BCUT2D eigenvalue weighted by Gasteiger charge is -2.35. The standard InChI is InChI=1S/C19H22FN5O2/c1-14(18(26)23-16-7-5-15(20)6-8-16)22-19(27)25-12-10-24(11-13-25)17-4-2-3-9-21-17/h2-9,14H,10-13H2,1H3,(H,22,27)(H,23,26)/t14-/m1/s1. The molecule has 0 bridgehead atoms. The number of benzene rings is 1. The lowest BCUT2D eigenvalue weighted by atomic mass is 10.2. The van der Waals surface area contributed by atoms with Crippen LogP contribution in [-0.2, 0) is 4.79 Å². The largest absolute Gasteiger partial charge is 0.353 e. The predicted molar refractivity (Wildman–Crippen MR) is 101 cm³/mol. The van der Waals surface area contributed by atoms with Crippen molar-refractivity contribution in [1.82, 2.24) is 15.2 Å². The molecule has 3 amide bonds. The summed E-state index contributed by atoms with van der Waals surface area (Å²) in [6.07, 6.45) is 1.75. The van der Waals surface area contributed by atoms with Crippen LogP contribution in [0.4, 0.5) is 20.7 Å². The van der Waals surface area contributed by atoms with Crippen LogP contribution in [0.15, 0.2) is 48.7 Å². The normalized spacial score (nSPS) is 15.2. The Hall–Kier alpha value is -3.16. The summed E-state index contributed by atoms with van der Waals surface area (Å²) >= 11 is 0. The molecule has 0 saturated carbocycles. The van der Waals surface area contributed by atoms with Gasteiger partial charge in [-0.3, -0.25) is 4.79 Å². The third-order valence-corrected chi connectivity index (χ3v) is 4.39. The number of aromatic nitrogens is 1. The summed E-state index contributed by atoms with van der Waals surface area (Å²) in [7, 11) is 0. The molecule has 2 aromatic rings. The van der Waals surface area contributed by atoms with E-state index in [4.69, 9.17) is 0 Å². The van der Waals surface area contributed by atoms with E-state index in [1.807, 2.05) is 18.2 Å². The van der Waals surface area contributed by atoms with Crippen molar-refractivity contribution >= 4 is 23.4 Å². The van der Waals surface area contributed by atoms with Crippen LogP contribution in [0, 0.1) is 5.82 Å². The zero-order chi connectivity index (χ0) is 19.2. The summed E-state index contributed by atoms with van der Waals surface area (Å²) in [5.74, 6) is 0.158. The van der Waals surface area contributed by atoms with E-state index in [1.165, 1.54) is 24.3 Å². The summed E-state index contributed by atoms with van der Waals surface area (Å²) < 4.78 is 12.9. The molecule has 1 aliphatic rings. The minimum absolute atomic E-state index is 0.280. The Morgan fingerprint density at radius 3 is 2.41 bits per heavy atom. The zero-order valence-corrected chi connectivity index (χ0v) is 15.1. The number of piperazine rings is 1. The second-order valence-corrected chi connectivity index (χ2v) is 6.33. The number of anilines is 2. The molecule has 2 N–H and O–H groups in total. The van der Waals surface area contributed by atoms with Crippen molar-refractivity contribution in [3.8, 4) is 0 Å². The van der Waals surface area contributed by atoms with Crippen molar-refractivity contribution in [3.63, 3.8) is 0 Å². The number of pyridine rings is 1. The number of urea groups is 1. The quantitative estimate of drug-likeness (QED) is 0.863. The van der Waals surface area contributed by atoms with Crippen LogP contribution < -0.4 is 15.5 Å². The molecule has 2 heterocycles. The van der Waals surface area contributed by atoms with Gasteiger partial charge < -0.3 is 20.4 Å². The van der Waals surface area contributed by atoms with Crippen molar-refractivity contribution in [3.05, 3.63) is 54.5 Å². The number of nitrogens with zero attached hydrogens (tertiary/aromatic N) is 3. The Balaban J connectivity index is 1.47. The highest BCUT2D eigenvalue weighted by molar-refractivity contribution is 5.96. The second kappa shape index (κ2) is 8.48. The fourth-order valence-corrected chi connectivity index (χ4v) is 2.81. The predicted octanol–water partition coefficient (Wildman–Crippen LogP) is 2.08. The van der Waals surface area contributed by atoms with Gasteiger partial charge in [-0.1, -0.05) is 6.07 Å². The van der Waals surface area contributed by atoms with Crippen molar-refractivity contribution in [2.45, 2.75) is 13.0 Å². The van der Waals surface area contributed by atoms with Crippen LogP contribution in [0.1, 0.15) is 6.92 Å². The third kappa shape index (κ3) is 4.93. The summed E-state index contributed by atoms with van der Waals surface area (Å²) in [5.41, 5.74) is 0.478. The van der Waals surface area contributed by atoms with E-state index in [0.717, 1.165) is 5.82 Å². The summed E-state index contributed by atoms with van der Waals surface area (Å²) in [4.78, 5) is 32.7. The van der Waals surface area contributed by atoms with Crippen molar-refractivity contribution < 1.29 is 14.0 Å². The molecule has 1 saturated heterocycles.